The molecule has 1 heterocycles. The minimum atomic E-state index is 0.0578. The Morgan fingerprint density at radius 1 is 1.37 bits per heavy atom. The number of hydrogen-bond acceptors (Lipinski definition) is 2. The Kier molecular flexibility index (Phi) is 4.51. The van der Waals surface area contributed by atoms with Gasteiger partial charge in [-0.15, -0.1) is 0 Å². The first-order chi connectivity index (χ1) is 8.96. The van der Waals surface area contributed by atoms with Gasteiger partial charge in [-0.25, -0.2) is 0 Å². The highest BCUT2D eigenvalue weighted by Gasteiger charge is 2.31. The molecule has 0 spiro atoms. The smallest absolute Gasteiger partial charge is 0.119 e. The van der Waals surface area contributed by atoms with Gasteiger partial charge in [0.2, 0.25) is 0 Å². The van der Waals surface area contributed by atoms with Gasteiger partial charge >= 0.3 is 0 Å². The summed E-state index contributed by atoms with van der Waals surface area (Å²) in [6, 6.07) is 8.40. The summed E-state index contributed by atoms with van der Waals surface area (Å²) >= 11 is 0. The van der Waals surface area contributed by atoms with Crippen LogP contribution in [0, 0.1) is 0 Å². The fourth-order valence-corrected chi connectivity index (χ4v) is 2.55. The molecule has 1 aromatic carbocycles. The van der Waals surface area contributed by atoms with Gasteiger partial charge in [0.1, 0.15) is 5.75 Å². The van der Waals surface area contributed by atoms with E-state index < -0.39 is 0 Å². The van der Waals surface area contributed by atoms with Crippen LogP contribution in [0.2, 0.25) is 0 Å². The highest BCUT2D eigenvalue weighted by Crippen LogP contribution is 2.31. The summed E-state index contributed by atoms with van der Waals surface area (Å²) in [6.07, 6.45) is 3.65. The van der Waals surface area contributed by atoms with E-state index in [0.29, 0.717) is 12.0 Å². The van der Waals surface area contributed by atoms with Crippen molar-refractivity contribution in [2.24, 2.45) is 0 Å². The summed E-state index contributed by atoms with van der Waals surface area (Å²) in [4.78, 5) is 0. The molecule has 1 aliphatic rings. The quantitative estimate of drug-likeness (QED) is 0.775. The molecule has 0 saturated carbocycles. The topological polar surface area (TPSA) is 18.5 Å². The lowest BCUT2D eigenvalue weighted by Gasteiger charge is -2.19. The molecule has 0 bridgehead atoms. The Morgan fingerprint density at radius 3 is 2.79 bits per heavy atom. The molecule has 0 aromatic heterocycles. The fourth-order valence-electron chi connectivity index (χ4n) is 2.55. The third-order valence-corrected chi connectivity index (χ3v) is 3.79. The van der Waals surface area contributed by atoms with Gasteiger partial charge in [-0.3, -0.25) is 0 Å². The third-order valence-electron chi connectivity index (χ3n) is 3.79. The van der Waals surface area contributed by atoms with Crippen molar-refractivity contribution in [2.45, 2.75) is 64.6 Å². The van der Waals surface area contributed by atoms with Crippen molar-refractivity contribution >= 4 is 0 Å². The molecule has 1 aliphatic heterocycles. The lowest BCUT2D eigenvalue weighted by molar-refractivity contribution is -0.0225. The summed E-state index contributed by atoms with van der Waals surface area (Å²) < 4.78 is 11.8. The van der Waals surface area contributed by atoms with Crippen molar-refractivity contribution < 1.29 is 9.47 Å². The van der Waals surface area contributed by atoms with Crippen molar-refractivity contribution in [3.63, 3.8) is 0 Å². The molecular weight excluding hydrogens is 236 g/mol. The SMILES string of the molecule is CC(C)c1cccc(OCCC2CCC(C)(C)O2)c1. The van der Waals surface area contributed by atoms with Gasteiger partial charge in [-0.05, 0) is 50.3 Å². The minimum absolute atomic E-state index is 0.0578. The fraction of sp³-hybridized carbons (Fsp3) is 0.647. The molecule has 1 atom stereocenters. The van der Waals surface area contributed by atoms with Crippen LogP contribution in [-0.2, 0) is 4.74 Å². The van der Waals surface area contributed by atoms with E-state index >= 15 is 0 Å². The molecule has 0 N–H and O–H groups in total. The molecule has 2 nitrogen and oxygen atoms in total. The zero-order valence-electron chi connectivity index (χ0n) is 12.6. The van der Waals surface area contributed by atoms with Gasteiger partial charge in [0.15, 0.2) is 0 Å². The van der Waals surface area contributed by atoms with Crippen LogP contribution in [0.3, 0.4) is 0 Å². The van der Waals surface area contributed by atoms with E-state index in [1.165, 1.54) is 5.56 Å². The molecular formula is C17H26O2. The van der Waals surface area contributed by atoms with E-state index in [4.69, 9.17) is 9.47 Å². The van der Waals surface area contributed by atoms with Crippen molar-refractivity contribution in [3.8, 4) is 5.75 Å². The summed E-state index contributed by atoms with van der Waals surface area (Å²) in [6.45, 7) is 9.48. The molecule has 0 amide bonds. The highest BCUT2D eigenvalue weighted by molar-refractivity contribution is 5.30. The van der Waals surface area contributed by atoms with Crippen LogP contribution in [0.4, 0.5) is 0 Å². The standard InChI is InChI=1S/C17H26O2/c1-13(2)14-6-5-7-16(12-14)18-11-9-15-8-10-17(3,4)19-15/h5-7,12-13,15H,8-11H2,1-4H3. The Labute approximate surface area is 117 Å². The van der Waals surface area contributed by atoms with Crippen LogP contribution < -0.4 is 4.74 Å². The monoisotopic (exact) mass is 262 g/mol. The van der Waals surface area contributed by atoms with E-state index in [1.54, 1.807) is 0 Å². The maximum atomic E-state index is 5.97. The van der Waals surface area contributed by atoms with E-state index in [1.807, 2.05) is 6.07 Å². The normalized spacial score (nSPS) is 21.8. The Hall–Kier alpha value is -1.02. The lowest BCUT2D eigenvalue weighted by atomic mass is 10.0. The first-order valence-corrected chi connectivity index (χ1v) is 7.37. The number of ether oxygens (including phenoxy) is 2. The maximum absolute atomic E-state index is 5.97. The molecule has 1 saturated heterocycles. The first-order valence-electron chi connectivity index (χ1n) is 7.37. The van der Waals surface area contributed by atoms with Crippen LogP contribution in [0.1, 0.15) is 58.4 Å². The molecule has 106 valence electrons. The highest BCUT2D eigenvalue weighted by atomic mass is 16.5. The number of rotatable bonds is 5. The molecule has 2 rings (SSSR count). The summed E-state index contributed by atoms with van der Waals surface area (Å²) in [7, 11) is 0. The molecule has 2 heteroatoms. The third kappa shape index (κ3) is 4.24. The van der Waals surface area contributed by atoms with Gasteiger partial charge in [0.05, 0.1) is 18.3 Å². The Morgan fingerprint density at radius 2 is 2.16 bits per heavy atom. The van der Waals surface area contributed by atoms with E-state index in [-0.39, 0.29) is 5.60 Å². The minimum Gasteiger partial charge on any atom is -0.493 e. The molecule has 19 heavy (non-hydrogen) atoms. The van der Waals surface area contributed by atoms with Crippen LogP contribution in [0.25, 0.3) is 0 Å². The molecule has 1 aromatic rings. The largest absolute Gasteiger partial charge is 0.493 e. The van der Waals surface area contributed by atoms with Crippen LogP contribution in [0.5, 0.6) is 5.75 Å². The average Bonchev–Trinajstić information content (AvgIpc) is 2.69. The second-order valence-corrected chi connectivity index (χ2v) is 6.40. The average molecular weight is 262 g/mol. The Balaban J connectivity index is 1.78. The molecule has 0 aliphatic carbocycles. The van der Waals surface area contributed by atoms with Gasteiger partial charge < -0.3 is 9.47 Å². The second-order valence-electron chi connectivity index (χ2n) is 6.40. The van der Waals surface area contributed by atoms with Crippen LogP contribution >= 0.6 is 0 Å². The first kappa shape index (κ1) is 14.4. The maximum Gasteiger partial charge on any atom is 0.119 e. The zero-order chi connectivity index (χ0) is 13.9. The lowest BCUT2D eigenvalue weighted by Crippen LogP contribution is -2.21. The van der Waals surface area contributed by atoms with Crippen molar-refractivity contribution in [1.29, 1.82) is 0 Å². The van der Waals surface area contributed by atoms with Crippen molar-refractivity contribution in [2.75, 3.05) is 6.61 Å². The Bertz CT molecular complexity index is 409. The summed E-state index contributed by atoms with van der Waals surface area (Å²) in [5.41, 5.74) is 1.39. The zero-order valence-corrected chi connectivity index (χ0v) is 12.6. The predicted molar refractivity (Wildman–Crippen MR) is 78.8 cm³/mol. The van der Waals surface area contributed by atoms with Gasteiger partial charge in [-0.2, -0.15) is 0 Å². The predicted octanol–water partition coefficient (Wildman–Crippen LogP) is 4.54. The van der Waals surface area contributed by atoms with Crippen LogP contribution in [0.15, 0.2) is 24.3 Å². The van der Waals surface area contributed by atoms with Crippen LogP contribution in [-0.4, -0.2) is 18.3 Å². The van der Waals surface area contributed by atoms with Crippen molar-refractivity contribution in [1.82, 2.24) is 0 Å². The van der Waals surface area contributed by atoms with Crippen molar-refractivity contribution in [3.05, 3.63) is 29.8 Å². The molecule has 1 unspecified atom stereocenters. The van der Waals surface area contributed by atoms with Gasteiger partial charge in [0.25, 0.3) is 0 Å². The number of hydrogen-bond donors (Lipinski definition) is 0. The summed E-state index contributed by atoms with van der Waals surface area (Å²) in [5, 5.41) is 0. The van der Waals surface area contributed by atoms with E-state index in [9.17, 15) is 0 Å². The second kappa shape index (κ2) is 5.96. The van der Waals surface area contributed by atoms with Gasteiger partial charge in [0, 0.05) is 6.42 Å². The number of benzene rings is 1. The van der Waals surface area contributed by atoms with E-state index in [2.05, 4.69) is 45.9 Å². The van der Waals surface area contributed by atoms with E-state index in [0.717, 1.165) is 31.6 Å². The summed E-state index contributed by atoms with van der Waals surface area (Å²) in [5.74, 6) is 1.52. The van der Waals surface area contributed by atoms with Gasteiger partial charge in [-0.1, -0.05) is 26.0 Å². The molecule has 1 fully saturated rings. The molecule has 0 radical (unpaired) electrons.